The quantitative estimate of drug-likeness (QED) is 0.132. The summed E-state index contributed by atoms with van der Waals surface area (Å²) >= 11 is 0. The number of rotatable bonds is 11. The molecule has 40 heavy (non-hydrogen) atoms. The van der Waals surface area contributed by atoms with E-state index in [1.54, 1.807) is 24.3 Å². The van der Waals surface area contributed by atoms with E-state index in [1.165, 1.54) is 0 Å². The molecular formula is C29H28N6O5. The summed E-state index contributed by atoms with van der Waals surface area (Å²) in [5.74, 6) is -1.66. The summed E-state index contributed by atoms with van der Waals surface area (Å²) in [6.45, 7) is 4.18. The van der Waals surface area contributed by atoms with Gasteiger partial charge < -0.3 is 10.1 Å². The number of carbonyl (C=O) groups excluding carboxylic acids is 2. The summed E-state index contributed by atoms with van der Waals surface area (Å²) < 4.78 is 5.22. The van der Waals surface area contributed by atoms with Gasteiger partial charge in [0.05, 0.1) is 23.0 Å². The fourth-order valence-corrected chi connectivity index (χ4v) is 3.87. The molecule has 4 aromatic rings. The van der Waals surface area contributed by atoms with E-state index < -0.39 is 28.4 Å². The molecule has 0 radical (unpaired) electrons. The summed E-state index contributed by atoms with van der Waals surface area (Å²) in [6, 6.07) is 24.6. The Morgan fingerprint density at radius 2 is 1.45 bits per heavy atom. The van der Waals surface area contributed by atoms with Crippen LogP contribution in [0.1, 0.15) is 41.3 Å². The molecule has 0 atom stereocenters. The Morgan fingerprint density at radius 3 is 2.00 bits per heavy atom. The first kappa shape index (κ1) is 27.7. The SMILES string of the molecule is CC(C)COC(=O)c1ccc(Nc2ncnc(NNC(=O)C(c3ccccc3)c3ccccc3)c2[N+](=O)[O-])cc1. The molecule has 1 heterocycles. The van der Waals surface area contributed by atoms with Gasteiger partial charge in [0.25, 0.3) is 0 Å². The van der Waals surface area contributed by atoms with E-state index in [-0.39, 0.29) is 17.6 Å². The predicted molar refractivity (Wildman–Crippen MR) is 150 cm³/mol. The molecule has 3 aromatic carbocycles. The molecule has 0 fully saturated rings. The largest absolute Gasteiger partial charge is 0.462 e. The minimum Gasteiger partial charge on any atom is -0.462 e. The van der Waals surface area contributed by atoms with Crippen LogP contribution < -0.4 is 16.2 Å². The van der Waals surface area contributed by atoms with Gasteiger partial charge in [-0.25, -0.2) is 14.8 Å². The highest BCUT2D eigenvalue weighted by molar-refractivity contribution is 5.90. The Labute approximate surface area is 230 Å². The molecule has 0 bridgehead atoms. The van der Waals surface area contributed by atoms with Crippen molar-refractivity contribution >= 4 is 34.9 Å². The molecule has 0 aliphatic carbocycles. The standard InChI is InChI=1S/C29H28N6O5/c1-19(2)17-40-29(37)22-13-15-23(16-14-22)32-26-25(35(38)39)27(31-18-30-26)33-34-28(36)24(20-9-5-3-6-10-20)21-11-7-4-8-12-21/h3-16,18-19,24H,17H2,1-2H3,(H,34,36)(H2,30,31,32,33). The molecule has 1 aromatic heterocycles. The Kier molecular flexibility index (Phi) is 8.98. The van der Waals surface area contributed by atoms with Gasteiger partial charge in [-0.3, -0.25) is 25.8 Å². The lowest BCUT2D eigenvalue weighted by molar-refractivity contribution is -0.383. The van der Waals surface area contributed by atoms with E-state index in [2.05, 4.69) is 26.1 Å². The van der Waals surface area contributed by atoms with Gasteiger partial charge in [-0.05, 0) is 41.3 Å². The number of benzene rings is 3. The minimum atomic E-state index is -0.667. The second-order valence-corrected chi connectivity index (χ2v) is 9.24. The predicted octanol–water partition coefficient (Wildman–Crippen LogP) is 5.22. The Bertz CT molecular complexity index is 1420. The summed E-state index contributed by atoms with van der Waals surface area (Å²) in [6.07, 6.45) is 1.13. The van der Waals surface area contributed by atoms with Crippen molar-refractivity contribution in [1.82, 2.24) is 15.4 Å². The van der Waals surface area contributed by atoms with E-state index >= 15 is 0 Å². The lowest BCUT2D eigenvalue weighted by Gasteiger charge is -2.18. The third-order valence-corrected chi connectivity index (χ3v) is 5.77. The Morgan fingerprint density at radius 1 is 0.875 bits per heavy atom. The number of nitro groups is 1. The first-order valence-electron chi connectivity index (χ1n) is 12.5. The topological polar surface area (TPSA) is 148 Å². The smallest absolute Gasteiger partial charge is 0.355 e. The monoisotopic (exact) mass is 540 g/mol. The summed E-state index contributed by atoms with van der Waals surface area (Å²) in [5, 5.41) is 14.9. The number of aromatic nitrogens is 2. The van der Waals surface area contributed by atoms with Crippen molar-refractivity contribution in [3.63, 3.8) is 0 Å². The zero-order valence-electron chi connectivity index (χ0n) is 21.9. The second-order valence-electron chi connectivity index (χ2n) is 9.24. The Balaban J connectivity index is 1.51. The van der Waals surface area contributed by atoms with E-state index in [9.17, 15) is 19.7 Å². The molecule has 11 nitrogen and oxygen atoms in total. The van der Waals surface area contributed by atoms with E-state index in [0.29, 0.717) is 17.9 Å². The van der Waals surface area contributed by atoms with Crippen LogP contribution >= 0.6 is 0 Å². The molecule has 0 saturated carbocycles. The molecule has 0 aliphatic rings. The average molecular weight is 541 g/mol. The number of nitrogens with zero attached hydrogens (tertiary/aromatic N) is 3. The molecule has 0 unspecified atom stereocenters. The molecule has 4 rings (SSSR count). The van der Waals surface area contributed by atoms with Crippen molar-refractivity contribution in [1.29, 1.82) is 0 Å². The van der Waals surface area contributed by atoms with Crippen LogP contribution in [0.4, 0.5) is 23.0 Å². The third-order valence-electron chi connectivity index (χ3n) is 5.77. The van der Waals surface area contributed by atoms with Crippen LogP contribution in [0.15, 0.2) is 91.3 Å². The van der Waals surface area contributed by atoms with Crippen LogP contribution in [0.5, 0.6) is 0 Å². The van der Waals surface area contributed by atoms with Crippen molar-refractivity contribution in [3.05, 3.63) is 118 Å². The van der Waals surface area contributed by atoms with Crippen LogP contribution in [0.25, 0.3) is 0 Å². The highest BCUT2D eigenvalue weighted by Gasteiger charge is 2.26. The average Bonchev–Trinajstić information content (AvgIpc) is 2.96. The Hall–Kier alpha value is -5.32. The lowest BCUT2D eigenvalue weighted by Crippen LogP contribution is -2.35. The van der Waals surface area contributed by atoms with Gasteiger partial charge in [0.1, 0.15) is 6.33 Å². The van der Waals surface area contributed by atoms with Gasteiger partial charge in [-0.2, -0.15) is 0 Å². The van der Waals surface area contributed by atoms with E-state index in [4.69, 9.17) is 4.74 Å². The molecular weight excluding hydrogens is 512 g/mol. The highest BCUT2D eigenvalue weighted by atomic mass is 16.6. The van der Waals surface area contributed by atoms with E-state index in [1.807, 2.05) is 74.5 Å². The van der Waals surface area contributed by atoms with E-state index in [0.717, 1.165) is 17.5 Å². The summed E-state index contributed by atoms with van der Waals surface area (Å²) in [5.41, 5.74) is 6.98. The number of nitrogens with one attached hydrogen (secondary N) is 3. The molecule has 11 heteroatoms. The first-order chi connectivity index (χ1) is 19.3. The first-order valence-corrected chi connectivity index (χ1v) is 12.5. The van der Waals surface area contributed by atoms with Crippen molar-refractivity contribution in [2.45, 2.75) is 19.8 Å². The van der Waals surface area contributed by atoms with Crippen LogP contribution in [-0.2, 0) is 9.53 Å². The fraction of sp³-hybridized carbons (Fsp3) is 0.172. The fourth-order valence-electron chi connectivity index (χ4n) is 3.87. The summed E-state index contributed by atoms with van der Waals surface area (Å²) in [4.78, 5) is 44.8. The van der Waals surface area contributed by atoms with Gasteiger partial charge in [0, 0.05) is 5.69 Å². The second kappa shape index (κ2) is 13.0. The number of ether oxygens (including phenoxy) is 1. The van der Waals surface area contributed by atoms with Crippen LogP contribution in [-0.4, -0.2) is 33.4 Å². The summed E-state index contributed by atoms with van der Waals surface area (Å²) in [7, 11) is 0. The molecule has 0 aliphatic heterocycles. The van der Waals surface area contributed by atoms with Crippen LogP contribution in [0.3, 0.4) is 0 Å². The van der Waals surface area contributed by atoms with Gasteiger partial charge >= 0.3 is 11.7 Å². The van der Waals surface area contributed by atoms with Crippen molar-refractivity contribution in [2.24, 2.45) is 5.92 Å². The zero-order valence-corrected chi connectivity index (χ0v) is 21.9. The highest BCUT2D eigenvalue weighted by Crippen LogP contribution is 2.31. The number of hydrogen-bond donors (Lipinski definition) is 3. The van der Waals surface area contributed by atoms with Crippen LogP contribution in [0, 0.1) is 16.0 Å². The van der Waals surface area contributed by atoms with Crippen LogP contribution in [0.2, 0.25) is 0 Å². The minimum absolute atomic E-state index is 0.102. The maximum absolute atomic E-state index is 13.3. The molecule has 1 amide bonds. The molecule has 0 saturated heterocycles. The third kappa shape index (κ3) is 6.95. The maximum Gasteiger partial charge on any atom is 0.355 e. The zero-order chi connectivity index (χ0) is 28.5. The number of carbonyl (C=O) groups is 2. The van der Waals surface area contributed by atoms with Gasteiger partial charge in [0.2, 0.25) is 17.5 Å². The maximum atomic E-state index is 13.3. The number of hydrogen-bond acceptors (Lipinski definition) is 9. The van der Waals surface area contributed by atoms with Crippen molar-refractivity contribution in [3.8, 4) is 0 Å². The number of amides is 1. The van der Waals surface area contributed by atoms with Gasteiger partial charge in [-0.1, -0.05) is 74.5 Å². The van der Waals surface area contributed by atoms with Gasteiger partial charge in [-0.15, -0.1) is 0 Å². The van der Waals surface area contributed by atoms with Crippen molar-refractivity contribution < 1.29 is 19.2 Å². The van der Waals surface area contributed by atoms with Gasteiger partial charge in [0.15, 0.2) is 0 Å². The van der Waals surface area contributed by atoms with Crippen molar-refractivity contribution in [2.75, 3.05) is 17.3 Å². The number of anilines is 3. The number of hydrazine groups is 1. The number of esters is 1. The molecule has 204 valence electrons. The molecule has 0 spiro atoms. The normalized spacial score (nSPS) is 10.7. The molecule has 3 N–H and O–H groups in total. The lowest BCUT2D eigenvalue weighted by atomic mass is 9.91.